The average Bonchev–Trinajstić information content (AvgIpc) is 2.45. The van der Waals surface area contributed by atoms with Crippen LogP contribution in [0.5, 0.6) is 11.6 Å². The summed E-state index contributed by atoms with van der Waals surface area (Å²) in [6, 6.07) is 6.23. The molecule has 0 aliphatic carbocycles. The summed E-state index contributed by atoms with van der Waals surface area (Å²) >= 11 is 0. The molecule has 1 aromatic carbocycles. The fourth-order valence-electron chi connectivity index (χ4n) is 1.46. The van der Waals surface area contributed by atoms with Gasteiger partial charge >= 0.3 is 5.97 Å². The van der Waals surface area contributed by atoms with Gasteiger partial charge in [-0.3, -0.25) is 4.79 Å². The van der Waals surface area contributed by atoms with Crippen LogP contribution in [0.15, 0.2) is 35.4 Å². The first-order chi connectivity index (χ1) is 9.61. The number of carbonyl (C=O) groups excluding carboxylic acids is 1. The van der Waals surface area contributed by atoms with E-state index in [-0.39, 0.29) is 11.6 Å². The number of anilines is 1. The number of ether oxygens (including phenoxy) is 2. The Morgan fingerprint density at radius 2 is 2.05 bits per heavy atom. The van der Waals surface area contributed by atoms with Crippen LogP contribution in [0.2, 0.25) is 0 Å². The van der Waals surface area contributed by atoms with Crippen LogP contribution in [0.4, 0.5) is 5.69 Å². The van der Waals surface area contributed by atoms with E-state index in [2.05, 4.69) is 9.97 Å². The summed E-state index contributed by atoms with van der Waals surface area (Å²) in [4.78, 5) is 28.9. The minimum atomic E-state index is -0.474. The smallest absolute Gasteiger partial charge is 0.338 e. The van der Waals surface area contributed by atoms with E-state index in [9.17, 15) is 9.59 Å². The highest BCUT2D eigenvalue weighted by atomic mass is 16.5. The predicted molar refractivity (Wildman–Crippen MR) is 71.7 cm³/mol. The van der Waals surface area contributed by atoms with Gasteiger partial charge in [0, 0.05) is 0 Å². The molecule has 20 heavy (non-hydrogen) atoms. The van der Waals surface area contributed by atoms with Crippen molar-refractivity contribution in [2.45, 2.75) is 6.92 Å². The zero-order valence-corrected chi connectivity index (χ0v) is 10.8. The van der Waals surface area contributed by atoms with E-state index in [0.717, 1.165) is 0 Å². The molecule has 2 aromatic rings. The van der Waals surface area contributed by atoms with Gasteiger partial charge in [0.2, 0.25) is 5.88 Å². The van der Waals surface area contributed by atoms with Gasteiger partial charge in [0.05, 0.1) is 18.5 Å². The Morgan fingerprint density at radius 3 is 2.70 bits per heavy atom. The number of esters is 1. The Hall–Kier alpha value is -2.83. The van der Waals surface area contributed by atoms with Gasteiger partial charge in [-0.1, -0.05) is 0 Å². The van der Waals surface area contributed by atoms with Crippen LogP contribution >= 0.6 is 0 Å². The molecule has 104 valence electrons. The first kappa shape index (κ1) is 13.6. The van der Waals surface area contributed by atoms with Gasteiger partial charge in [-0.15, -0.1) is 0 Å². The van der Waals surface area contributed by atoms with Crippen LogP contribution < -0.4 is 16.0 Å². The van der Waals surface area contributed by atoms with E-state index >= 15 is 0 Å². The fraction of sp³-hybridized carbons (Fsp3) is 0.154. The lowest BCUT2D eigenvalue weighted by Gasteiger charge is -2.07. The van der Waals surface area contributed by atoms with E-state index in [0.29, 0.717) is 17.9 Å². The molecule has 7 heteroatoms. The number of hydrogen-bond donors (Lipinski definition) is 2. The van der Waals surface area contributed by atoms with E-state index in [1.54, 1.807) is 31.2 Å². The first-order valence-corrected chi connectivity index (χ1v) is 5.90. The van der Waals surface area contributed by atoms with Crippen LogP contribution in [0.3, 0.4) is 0 Å². The summed E-state index contributed by atoms with van der Waals surface area (Å²) < 4.78 is 10.2. The summed E-state index contributed by atoms with van der Waals surface area (Å²) in [5.74, 6) is 0.00771. The molecule has 0 aliphatic heterocycles. The van der Waals surface area contributed by atoms with Crippen LogP contribution in [0, 0.1) is 0 Å². The fourth-order valence-corrected chi connectivity index (χ4v) is 1.46. The van der Waals surface area contributed by atoms with Crippen LogP contribution in [0.25, 0.3) is 0 Å². The molecule has 0 radical (unpaired) electrons. The lowest BCUT2D eigenvalue weighted by atomic mass is 10.2. The minimum Gasteiger partial charge on any atom is -0.462 e. The molecule has 0 spiro atoms. The Morgan fingerprint density at radius 1 is 1.35 bits per heavy atom. The number of aromatic amines is 1. The maximum absolute atomic E-state index is 11.5. The first-order valence-electron chi connectivity index (χ1n) is 5.90. The molecule has 7 nitrogen and oxygen atoms in total. The summed E-state index contributed by atoms with van der Waals surface area (Å²) in [5, 5.41) is 0. The second-order valence-corrected chi connectivity index (χ2v) is 3.80. The molecule has 1 aromatic heterocycles. The number of nitrogens with two attached hydrogens (primary N) is 1. The summed E-state index contributed by atoms with van der Waals surface area (Å²) in [5.41, 5.74) is 5.37. The summed E-state index contributed by atoms with van der Waals surface area (Å²) in [6.45, 7) is 2.04. The van der Waals surface area contributed by atoms with Crippen molar-refractivity contribution in [3.05, 3.63) is 46.5 Å². The molecule has 0 fully saturated rings. The third-order valence-corrected chi connectivity index (χ3v) is 2.43. The maximum atomic E-state index is 11.5. The third kappa shape index (κ3) is 2.94. The van der Waals surface area contributed by atoms with Gasteiger partial charge < -0.3 is 20.2 Å². The zero-order chi connectivity index (χ0) is 14.5. The van der Waals surface area contributed by atoms with Crippen molar-refractivity contribution < 1.29 is 14.3 Å². The molecule has 1 heterocycles. The second-order valence-electron chi connectivity index (χ2n) is 3.80. The number of nitrogen functional groups attached to an aromatic ring is 1. The number of hydrogen-bond acceptors (Lipinski definition) is 6. The SMILES string of the molecule is CCOC(=O)c1ccc(Oc2nc[nH]c(=O)c2N)cc1. The van der Waals surface area contributed by atoms with Crippen molar-refractivity contribution in [3.63, 3.8) is 0 Å². The van der Waals surface area contributed by atoms with E-state index < -0.39 is 11.5 Å². The maximum Gasteiger partial charge on any atom is 0.338 e. The normalized spacial score (nSPS) is 10.1. The zero-order valence-electron chi connectivity index (χ0n) is 10.8. The lowest BCUT2D eigenvalue weighted by molar-refractivity contribution is 0.0526. The highest BCUT2D eigenvalue weighted by Crippen LogP contribution is 2.22. The van der Waals surface area contributed by atoms with Gasteiger partial charge in [-0.25, -0.2) is 9.78 Å². The second kappa shape index (κ2) is 5.87. The number of nitrogens with zero attached hydrogens (tertiary/aromatic N) is 1. The average molecular weight is 275 g/mol. The molecule has 0 saturated heterocycles. The Bertz CT molecular complexity index is 664. The van der Waals surface area contributed by atoms with Crippen molar-refractivity contribution >= 4 is 11.7 Å². The monoisotopic (exact) mass is 275 g/mol. The molecule has 2 rings (SSSR count). The molecule has 0 bridgehead atoms. The molecule has 0 saturated carbocycles. The Balaban J connectivity index is 2.17. The molecule has 3 N–H and O–H groups in total. The van der Waals surface area contributed by atoms with Crippen LogP contribution in [0.1, 0.15) is 17.3 Å². The molecule has 0 amide bonds. The number of carbonyl (C=O) groups is 1. The molecule has 0 atom stereocenters. The number of nitrogens with one attached hydrogen (secondary N) is 1. The van der Waals surface area contributed by atoms with Gasteiger partial charge in [-0.05, 0) is 31.2 Å². The molecular weight excluding hydrogens is 262 g/mol. The van der Waals surface area contributed by atoms with Crippen molar-refractivity contribution in [1.29, 1.82) is 0 Å². The van der Waals surface area contributed by atoms with Crippen LogP contribution in [-0.2, 0) is 4.74 Å². The molecule has 0 unspecified atom stereocenters. The quantitative estimate of drug-likeness (QED) is 0.815. The van der Waals surface area contributed by atoms with Gasteiger partial charge in [0.25, 0.3) is 5.56 Å². The Labute approximate surface area is 114 Å². The standard InChI is InChI=1S/C13H13N3O4/c1-2-19-13(18)8-3-5-9(6-4-8)20-12-10(14)11(17)15-7-16-12/h3-7H,2,14H2,1H3,(H,15,16,17). The summed E-state index contributed by atoms with van der Waals surface area (Å²) in [6.07, 6.45) is 1.20. The third-order valence-electron chi connectivity index (χ3n) is 2.43. The molecular formula is C13H13N3O4. The highest BCUT2D eigenvalue weighted by molar-refractivity contribution is 5.89. The topological polar surface area (TPSA) is 107 Å². The molecule has 0 aliphatic rings. The number of H-pyrrole nitrogens is 1. The van der Waals surface area contributed by atoms with E-state index in [1.807, 2.05) is 0 Å². The van der Waals surface area contributed by atoms with Gasteiger partial charge in [0.1, 0.15) is 5.75 Å². The number of rotatable bonds is 4. The predicted octanol–water partition coefficient (Wildman–Crippen LogP) is 1.32. The van der Waals surface area contributed by atoms with E-state index in [1.165, 1.54) is 6.33 Å². The van der Waals surface area contributed by atoms with Crippen molar-refractivity contribution in [3.8, 4) is 11.6 Å². The van der Waals surface area contributed by atoms with Crippen molar-refractivity contribution in [1.82, 2.24) is 9.97 Å². The van der Waals surface area contributed by atoms with Crippen molar-refractivity contribution in [2.24, 2.45) is 0 Å². The lowest BCUT2D eigenvalue weighted by Crippen LogP contribution is -2.13. The largest absolute Gasteiger partial charge is 0.462 e. The van der Waals surface area contributed by atoms with Gasteiger partial charge in [-0.2, -0.15) is 0 Å². The Kier molecular flexibility index (Phi) is 3.99. The minimum absolute atomic E-state index is 0.0117. The van der Waals surface area contributed by atoms with E-state index in [4.69, 9.17) is 15.2 Å². The van der Waals surface area contributed by atoms with Crippen LogP contribution in [-0.4, -0.2) is 22.5 Å². The van der Waals surface area contributed by atoms with Gasteiger partial charge in [0.15, 0.2) is 5.69 Å². The number of benzene rings is 1. The number of aromatic nitrogens is 2. The summed E-state index contributed by atoms with van der Waals surface area (Å²) in [7, 11) is 0. The van der Waals surface area contributed by atoms with Crippen molar-refractivity contribution in [2.75, 3.05) is 12.3 Å². The highest BCUT2D eigenvalue weighted by Gasteiger charge is 2.09.